The van der Waals surface area contributed by atoms with Crippen LogP contribution in [-0.4, -0.2) is 23.9 Å². The summed E-state index contributed by atoms with van der Waals surface area (Å²) in [5.74, 6) is 0.545. The minimum Gasteiger partial charge on any atom is -0.504 e. The van der Waals surface area contributed by atoms with Gasteiger partial charge in [0.15, 0.2) is 11.5 Å². The van der Waals surface area contributed by atoms with E-state index in [4.69, 9.17) is 9.84 Å². The van der Waals surface area contributed by atoms with Crippen LogP contribution in [0, 0.1) is 0 Å². The van der Waals surface area contributed by atoms with Gasteiger partial charge in [0.05, 0.1) is 13.7 Å². The molecule has 70 valence electrons. The minimum absolute atomic E-state index is 0.00317. The van der Waals surface area contributed by atoms with E-state index >= 15 is 0 Å². The third-order valence-electron chi connectivity index (χ3n) is 1.62. The maximum atomic E-state index is 9.26. The molecule has 1 aromatic rings. The Balaban J connectivity index is 2.92. The first-order valence-electron chi connectivity index (χ1n) is 3.92. The summed E-state index contributed by atoms with van der Waals surface area (Å²) >= 11 is 0. The highest BCUT2D eigenvalue weighted by molar-refractivity contribution is 5.55. The number of phenols is 1. The van der Waals surface area contributed by atoms with Gasteiger partial charge in [0.2, 0.25) is 0 Å². The van der Waals surface area contributed by atoms with E-state index in [0.717, 1.165) is 5.56 Å². The first kappa shape index (κ1) is 9.61. The molecule has 0 unspecified atom stereocenters. The molecular formula is C10H12O3. The van der Waals surface area contributed by atoms with Crippen molar-refractivity contribution in [1.29, 1.82) is 0 Å². The Morgan fingerprint density at radius 1 is 1.46 bits per heavy atom. The van der Waals surface area contributed by atoms with Crippen LogP contribution in [0.25, 0.3) is 6.08 Å². The Labute approximate surface area is 76.9 Å². The van der Waals surface area contributed by atoms with Crippen molar-refractivity contribution in [1.82, 2.24) is 0 Å². The number of ether oxygens (including phenoxy) is 1. The maximum Gasteiger partial charge on any atom is 0.161 e. The number of aliphatic hydroxyl groups is 1. The standard InChI is InChI=1S/C10H12O3/c1-13-10-7-8(3-2-6-11)4-5-9(10)12/h2-5,7,11-12H,6H2,1H3/b3-2+/i6+1. The van der Waals surface area contributed by atoms with Crippen molar-refractivity contribution in [2.45, 2.75) is 0 Å². The summed E-state index contributed by atoms with van der Waals surface area (Å²) < 4.78 is 4.92. The van der Waals surface area contributed by atoms with Crippen LogP contribution in [0.4, 0.5) is 0 Å². The fourth-order valence-corrected chi connectivity index (χ4v) is 0.987. The number of aliphatic hydroxyl groups excluding tert-OH is 1. The van der Waals surface area contributed by atoms with E-state index in [1.165, 1.54) is 7.11 Å². The largest absolute Gasteiger partial charge is 0.504 e. The molecule has 0 aliphatic carbocycles. The zero-order valence-electron chi connectivity index (χ0n) is 7.40. The lowest BCUT2D eigenvalue weighted by Gasteiger charge is -2.03. The second kappa shape index (κ2) is 4.52. The molecule has 0 aliphatic heterocycles. The van der Waals surface area contributed by atoms with E-state index < -0.39 is 0 Å². The van der Waals surface area contributed by atoms with E-state index in [2.05, 4.69) is 0 Å². The van der Waals surface area contributed by atoms with Crippen LogP contribution in [0.1, 0.15) is 5.56 Å². The van der Waals surface area contributed by atoms with Gasteiger partial charge in [-0.05, 0) is 17.7 Å². The average molecular weight is 181 g/mol. The second-order valence-electron chi connectivity index (χ2n) is 2.52. The summed E-state index contributed by atoms with van der Waals surface area (Å²) in [7, 11) is 1.49. The third-order valence-corrected chi connectivity index (χ3v) is 1.62. The topological polar surface area (TPSA) is 49.7 Å². The lowest BCUT2D eigenvalue weighted by molar-refractivity contribution is 0.343. The lowest BCUT2D eigenvalue weighted by Crippen LogP contribution is -1.84. The zero-order valence-corrected chi connectivity index (χ0v) is 7.40. The average Bonchev–Trinajstić information content (AvgIpc) is 2.16. The molecule has 0 aliphatic rings. The summed E-state index contributed by atoms with van der Waals surface area (Å²) in [6.07, 6.45) is 3.37. The van der Waals surface area contributed by atoms with E-state index in [-0.39, 0.29) is 12.4 Å². The van der Waals surface area contributed by atoms with Crippen molar-refractivity contribution in [2.75, 3.05) is 13.7 Å². The Bertz CT molecular complexity index is 305. The van der Waals surface area contributed by atoms with Gasteiger partial charge in [0.25, 0.3) is 0 Å². The van der Waals surface area contributed by atoms with E-state index in [0.29, 0.717) is 5.75 Å². The normalized spacial score (nSPS) is 10.6. The maximum absolute atomic E-state index is 9.26. The van der Waals surface area contributed by atoms with Crippen molar-refractivity contribution in [3.8, 4) is 11.5 Å². The van der Waals surface area contributed by atoms with Crippen LogP contribution < -0.4 is 4.74 Å². The Kier molecular flexibility index (Phi) is 3.34. The fourth-order valence-electron chi connectivity index (χ4n) is 0.987. The molecule has 0 saturated heterocycles. The number of hydrogen-bond donors (Lipinski definition) is 2. The van der Waals surface area contributed by atoms with Gasteiger partial charge in [-0.15, -0.1) is 0 Å². The Hall–Kier alpha value is -1.48. The summed E-state index contributed by atoms with van der Waals surface area (Å²) in [6.45, 7) is 0.00317. The van der Waals surface area contributed by atoms with Crippen LogP contribution in [0.2, 0.25) is 0 Å². The number of aromatic hydroxyl groups is 1. The van der Waals surface area contributed by atoms with Crippen molar-refractivity contribution in [3.63, 3.8) is 0 Å². The highest BCUT2D eigenvalue weighted by atomic mass is 16.5. The number of methoxy groups -OCH3 is 1. The molecule has 0 aromatic heterocycles. The molecule has 13 heavy (non-hydrogen) atoms. The van der Waals surface area contributed by atoms with Crippen molar-refractivity contribution in [3.05, 3.63) is 29.8 Å². The first-order valence-corrected chi connectivity index (χ1v) is 3.92. The van der Waals surface area contributed by atoms with Gasteiger partial charge in [-0.3, -0.25) is 0 Å². The highest BCUT2D eigenvalue weighted by Gasteiger charge is 1.99. The molecule has 0 fully saturated rings. The Morgan fingerprint density at radius 3 is 2.85 bits per heavy atom. The van der Waals surface area contributed by atoms with Crippen molar-refractivity contribution in [2.24, 2.45) is 0 Å². The van der Waals surface area contributed by atoms with Crippen LogP contribution in [0.3, 0.4) is 0 Å². The monoisotopic (exact) mass is 181 g/mol. The van der Waals surface area contributed by atoms with Gasteiger partial charge < -0.3 is 14.9 Å². The zero-order chi connectivity index (χ0) is 9.68. The molecule has 0 bridgehead atoms. The van der Waals surface area contributed by atoms with Crippen LogP contribution in [0.5, 0.6) is 11.5 Å². The van der Waals surface area contributed by atoms with Gasteiger partial charge in [-0.1, -0.05) is 18.2 Å². The molecule has 1 rings (SSSR count). The van der Waals surface area contributed by atoms with Crippen LogP contribution in [0.15, 0.2) is 24.3 Å². The van der Waals surface area contributed by atoms with Crippen molar-refractivity contribution >= 4 is 6.08 Å². The number of benzene rings is 1. The highest BCUT2D eigenvalue weighted by Crippen LogP contribution is 2.26. The molecule has 0 spiro atoms. The molecule has 0 amide bonds. The molecule has 3 heteroatoms. The smallest absolute Gasteiger partial charge is 0.161 e. The van der Waals surface area contributed by atoms with Gasteiger partial charge >= 0.3 is 0 Å². The molecule has 0 radical (unpaired) electrons. The first-order chi connectivity index (χ1) is 6.27. The summed E-state index contributed by atoms with van der Waals surface area (Å²) in [5.41, 5.74) is 0.878. The predicted molar refractivity (Wildman–Crippen MR) is 50.8 cm³/mol. The second-order valence-corrected chi connectivity index (χ2v) is 2.52. The van der Waals surface area contributed by atoms with Crippen LogP contribution in [-0.2, 0) is 0 Å². The van der Waals surface area contributed by atoms with Crippen molar-refractivity contribution < 1.29 is 14.9 Å². The molecule has 0 atom stereocenters. The third kappa shape index (κ3) is 2.49. The predicted octanol–water partition coefficient (Wildman–Crippen LogP) is 1.41. The molecule has 1 aromatic carbocycles. The molecule has 0 heterocycles. The lowest BCUT2D eigenvalue weighted by atomic mass is 10.2. The summed E-state index contributed by atoms with van der Waals surface area (Å²) in [4.78, 5) is 0. The van der Waals surface area contributed by atoms with Gasteiger partial charge in [-0.25, -0.2) is 0 Å². The number of hydrogen-bond acceptors (Lipinski definition) is 3. The van der Waals surface area contributed by atoms with Crippen LogP contribution >= 0.6 is 0 Å². The SMILES string of the molecule is COc1cc(/C=C/[13CH2]O)ccc1O. The fraction of sp³-hybridized carbons (Fsp3) is 0.200. The van der Waals surface area contributed by atoms with E-state index in [9.17, 15) is 5.11 Å². The summed E-state index contributed by atoms with van der Waals surface area (Å²) in [5, 5.41) is 17.8. The molecule has 0 saturated carbocycles. The van der Waals surface area contributed by atoms with Gasteiger partial charge in [0, 0.05) is 0 Å². The molecular weight excluding hydrogens is 169 g/mol. The van der Waals surface area contributed by atoms with E-state index in [1.807, 2.05) is 0 Å². The Morgan fingerprint density at radius 2 is 2.23 bits per heavy atom. The minimum atomic E-state index is 0.00317. The number of rotatable bonds is 3. The van der Waals surface area contributed by atoms with E-state index in [1.54, 1.807) is 30.4 Å². The molecule has 2 N–H and O–H groups in total. The number of phenolic OH excluding ortho intramolecular Hbond substituents is 1. The summed E-state index contributed by atoms with van der Waals surface area (Å²) in [6, 6.07) is 4.99. The van der Waals surface area contributed by atoms with Gasteiger partial charge in [-0.2, -0.15) is 0 Å². The quantitative estimate of drug-likeness (QED) is 0.693. The molecule has 3 nitrogen and oxygen atoms in total. The van der Waals surface area contributed by atoms with Gasteiger partial charge in [0.1, 0.15) is 0 Å².